The van der Waals surface area contributed by atoms with Crippen molar-refractivity contribution < 1.29 is 15.0 Å². The van der Waals surface area contributed by atoms with Crippen LogP contribution in [0.15, 0.2) is 60.7 Å². The molecule has 19 heavy (non-hydrogen) atoms. The van der Waals surface area contributed by atoms with Gasteiger partial charge in [0.25, 0.3) is 0 Å². The van der Waals surface area contributed by atoms with Crippen LogP contribution in [-0.2, 0) is 4.79 Å². The van der Waals surface area contributed by atoms with E-state index in [4.69, 9.17) is 0 Å². The van der Waals surface area contributed by atoms with Gasteiger partial charge in [-0.3, -0.25) is 0 Å². The van der Waals surface area contributed by atoms with Crippen LogP contribution in [0.4, 0.5) is 0 Å². The van der Waals surface area contributed by atoms with Crippen molar-refractivity contribution in [3.8, 4) is 0 Å². The zero-order valence-electron chi connectivity index (χ0n) is 10.3. The number of aliphatic carboxylic acids is 1. The zero-order chi connectivity index (χ0) is 13.7. The molecule has 0 saturated heterocycles. The van der Waals surface area contributed by atoms with Gasteiger partial charge in [0.2, 0.25) is 0 Å². The second-order valence-electron chi connectivity index (χ2n) is 4.05. The average Bonchev–Trinajstić information content (AvgIpc) is 2.46. The number of carboxylic acid groups (broad SMARTS) is 1. The van der Waals surface area contributed by atoms with E-state index >= 15 is 0 Å². The van der Waals surface area contributed by atoms with E-state index in [1.165, 1.54) is 0 Å². The number of rotatable bonds is 4. The van der Waals surface area contributed by atoms with E-state index in [0.29, 0.717) is 16.7 Å². The molecule has 2 rings (SSSR count). The zero-order valence-corrected chi connectivity index (χ0v) is 10.3. The van der Waals surface area contributed by atoms with Gasteiger partial charge in [0, 0.05) is 0 Å². The van der Waals surface area contributed by atoms with Crippen LogP contribution in [-0.4, -0.2) is 22.8 Å². The summed E-state index contributed by atoms with van der Waals surface area (Å²) in [6, 6.07) is 17.9. The van der Waals surface area contributed by atoms with E-state index < -0.39 is 5.97 Å². The fraction of sp³-hybridized carbons (Fsp3) is 0.0625. The van der Waals surface area contributed by atoms with Crippen LogP contribution in [0.25, 0.3) is 11.1 Å². The number of hydrogen-bond donors (Lipinski definition) is 2. The highest BCUT2D eigenvalue weighted by Gasteiger charge is 2.17. The van der Waals surface area contributed by atoms with Crippen molar-refractivity contribution in [3.63, 3.8) is 0 Å². The fourth-order valence-corrected chi connectivity index (χ4v) is 1.99. The maximum absolute atomic E-state index is 11.5. The van der Waals surface area contributed by atoms with Crippen LogP contribution in [0, 0.1) is 0 Å². The highest BCUT2D eigenvalue weighted by Crippen LogP contribution is 2.26. The molecule has 0 heterocycles. The van der Waals surface area contributed by atoms with E-state index in [0.717, 1.165) is 0 Å². The molecule has 2 aromatic carbocycles. The lowest BCUT2D eigenvalue weighted by Crippen LogP contribution is -2.06. The van der Waals surface area contributed by atoms with E-state index in [1.54, 1.807) is 36.4 Å². The Hall–Kier alpha value is -2.39. The second kappa shape index (κ2) is 5.98. The van der Waals surface area contributed by atoms with E-state index in [-0.39, 0.29) is 12.2 Å². The minimum atomic E-state index is -1.04. The number of aliphatic hydroxyl groups excluding tert-OH is 1. The molecule has 3 nitrogen and oxygen atoms in total. The Kier molecular flexibility index (Phi) is 4.11. The third-order valence-corrected chi connectivity index (χ3v) is 2.86. The number of carboxylic acids is 1. The molecule has 0 amide bonds. The van der Waals surface area contributed by atoms with Gasteiger partial charge >= 0.3 is 5.97 Å². The molecule has 2 aromatic rings. The fourth-order valence-electron chi connectivity index (χ4n) is 1.99. The molecule has 0 atom stereocenters. The van der Waals surface area contributed by atoms with Gasteiger partial charge in [0.15, 0.2) is 0 Å². The summed E-state index contributed by atoms with van der Waals surface area (Å²) in [7, 11) is 0. The molecule has 96 valence electrons. The van der Waals surface area contributed by atoms with Crippen molar-refractivity contribution in [2.45, 2.75) is 0 Å². The van der Waals surface area contributed by atoms with Gasteiger partial charge in [0.1, 0.15) is 0 Å². The summed E-state index contributed by atoms with van der Waals surface area (Å²) in [4.78, 5) is 11.5. The van der Waals surface area contributed by atoms with Crippen LogP contribution in [0.3, 0.4) is 0 Å². The predicted octanol–water partition coefficient (Wildman–Crippen LogP) is 2.67. The van der Waals surface area contributed by atoms with Crippen molar-refractivity contribution in [2.75, 3.05) is 6.61 Å². The van der Waals surface area contributed by atoms with Crippen LogP contribution in [0.2, 0.25) is 0 Å². The van der Waals surface area contributed by atoms with Gasteiger partial charge in [-0.2, -0.15) is 0 Å². The first kappa shape index (κ1) is 13.1. The molecular formula is C16H14O3. The molecule has 3 heteroatoms. The molecular weight excluding hydrogens is 240 g/mol. The lowest BCUT2D eigenvalue weighted by atomic mass is 9.95. The molecule has 0 fully saturated rings. The third-order valence-electron chi connectivity index (χ3n) is 2.86. The van der Waals surface area contributed by atoms with Crippen LogP contribution in [0.1, 0.15) is 11.1 Å². The van der Waals surface area contributed by atoms with Crippen LogP contribution >= 0.6 is 0 Å². The first-order valence-electron chi connectivity index (χ1n) is 5.92. The summed E-state index contributed by atoms with van der Waals surface area (Å²) < 4.78 is 0. The van der Waals surface area contributed by atoms with Crippen molar-refractivity contribution in [1.29, 1.82) is 0 Å². The largest absolute Gasteiger partial charge is 0.478 e. The predicted molar refractivity (Wildman–Crippen MR) is 74.4 cm³/mol. The Labute approximate surface area is 111 Å². The number of benzene rings is 2. The molecule has 0 aliphatic carbocycles. The molecule has 0 bridgehead atoms. The van der Waals surface area contributed by atoms with Crippen LogP contribution < -0.4 is 0 Å². The maximum atomic E-state index is 11.5. The van der Waals surface area contributed by atoms with Gasteiger partial charge in [-0.25, -0.2) is 4.79 Å². The Bertz CT molecular complexity index is 586. The molecule has 0 spiro atoms. The topological polar surface area (TPSA) is 57.5 Å². The first-order chi connectivity index (χ1) is 9.24. The summed E-state index contributed by atoms with van der Waals surface area (Å²) in [5, 5.41) is 19.0. The van der Waals surface area contributed by atoms with E-state index in [9.17, 15) is 15.0 Å². The standard InChI is InChI=1S/C16H14O3/c17-11-14(12-7-3-1-4-8-12)15(16(18)19)13-9-5-2-6-10-13/h1-10,17H,11H2,(H,18,19). The van der Waals surface area contributed by atoms with Gasteiger partial charge < -0.3 is 10.2 Å². The van der Waals surface area contributed by atoms with Crippen molar-refractivity contribution >= 4 is 17.1 Å². The number of carbonyl (C=O) groups is 1. The number of hydrogen-bond acceptors (Lipinski definition) is 2. The molecule has 0 aliphatic heterocycles. The summed E-state index contributed by atoms with van der Waals surface area (Å²) in [5.74, 6) is -1.04. The minimum Gasteiger partial charge on any atom is -0.478 e. The van der Waals surface area contributed by atoms with Crippen molar-refractivity contribution in [3.05, 3.63) is 71.8 Å². The Balaban J connectivity index is 2.64. The summed E-state index contributed by atoms with van der Waals surface area (Å²) >= 11 is 0. The van der Waals surface area contributed by atoms with Gasteiger partial charge in [0.05, 0.1) is 12.2 Å². The van der Waals surface area contributed by atoms with Crippen molar-refractivity contribution in [2.24, 2.45) is 0 Å². The van der Waals surface area contributed by atoms with Crippen LogP contribution in [0.5, 0.6) is 0 Å². The quantitative estimate of drug-likeness (QED) is 0.651. The molecule has 0 aliphatic rings. The van der Waals surface area contributed by atoms with Gasteiger partial charge in [-0.15, -0.1) is 0 Å². The highest BCUT2D eigenvalue weighted by atomic mass is 16.4. The minimum absolute atomic E-state index is 0.134. The summed E-state index contributed by atoms with van der Waals surface area (Å²) in [6.45, 7) is -0.319. The van der Waals surface area contributed by atoms with E-state index in [2.05, 4.69) is 0 Å². The Morgan fingerprint density at radius 2 is 1.32 bits per heavy atom. The molecule has 0 unspecified atom stereocenters. The number of aliphatic hydroxyl groups is 1. The summed E-state index contributed by atoms with van der Waals surface area (Å²) in [5.41, 5.74) is 1.85. The normalized spacial score (nSPS) is 11.8. The Morgan fingerprint density at radius 3 is 1.74 bits per heavy atom. The average molecular weight is 254 g/mol. The lowest BCUT2D eigenvalue weighted by molar-refractivity contribution is -0.130. The monoisotopic (exact) mass is 254 g/mol. The van der Waals surface area contributed by atoms with Gasteiger partial charge in [-0.05, 0) is 16.7 Å². The molecule has 0 radical (unpaired) electrons. The SMILES string of the molecule is O=C(O)C(=C(CO)c1ccccc1)c1ccccc1. The van der Waals surface area contributed by atoms with Gasteiger partial charge in [-0.1, -0.05) is 60.7 Å². The Morgan fingerprint density at radius 1 is 0.842 bits per heavy atom. The summed E-state index contributed by atoms with van der Waals surface area (Å²) in [6.07, 6.45) is 0. The molecule has 0 aromatic heterocycles. The second-order valence-corrected chi connectivity index (χ2v) is 4.05. The smallest absolute Gasteiger partial charge is 0.336 e. The van der Waals surface area contributed by atoms with Crippen molar-refractivity contribution in [1.82, 2.24) is 0 Å². The molecule has 0 saturated carbocycles. The maximum Gasteiger partial charge on any atom is 0.336 e. The lowest BCUT2D eigenvalue weighted by Gasteiger charge is -2.11. The van der Waals surface area contributed by atoms with E-state index in [1.807, 2.05) is 24.3 Å². The molecule has 2 N–H and O–H groups in total. The first-order valence-corrected chi connectivity index (χ1v) is 5.92. The highest BCUT2D eigenvalue weighted by molar-refractivity contribution is 6.23. The third kappa shape index (κ3) is 2.89.